The SMILES string of the molecule is CCOC(=O)c1coc(NCCn2cc(C)cn2)n1. The fraction of sp³-hybridized carbons (Fsp3) is 0.417. The van der Waals surface area contributed by atoms with Crippen LogP contribution in [-0.2, 0) is 11.3 Å². The summed E-state index contributed by atoms with van der Waals surface area (Å²) in [7, 11) is 0. The third-order valence-electron chi connectivity index (χ3n) is 2.37. The minimum Gasteiger partial charge on any atom is -0.461 e. The second-order valence-corrected chi connectivity index (χ2v) is 3.97. The van der Waals surface area contributed by atoms with Crippen molar-refractivity contribution in [2.45, 2.75) is 20.4 Å². The van der Waals surface area contributed by atoms with Crippen molar-refractivity contribution in [1.82, 2.24) is 14.8 Å². The molecule has 0 saturated heterocycles. The molecule has 0 amide bonds. The Kier molecular flexibility index (Phi) is 4.17. The van der Waals surface area contributed by atoms with Crippen molar-refractivity contribution >= 4 is 12.0 Å². The van der Waals surface area contributed by atoms with E-state index in [0.717, 1.165) is 5.56 Å². The number of carbonyl (C=O) groups excluding carboxylic acids is 1. The van der Waals surface area contributed by atoms with E-state index in [1.54, 1.807) is 13.1 Å². The van der Waals surface area contributed by atoms with E-state index in [9.17, 15) is 4.79 Å². The van der Waals surface area contributed by atoms with Gasteiger partial charge in [-0.25, -0.2) is 4.79 Å². The fourth-order valence-electron chi connectivity index (χ4n) is 1.52. The van der Waals surface area contributed by atoms with Gasteiger partial charge in [0.25, 0.3) is 6.01 Å². The number of rotatable bonds is 6. The predicted octanol–water partition coefficient (Wildman–Crippen LogP) is 1.47. The van der Waals surface area contributed by atoms with Gasteiger partial charge in [-0.05, 0) is 19.4 Å². The Labute approximate surface area is 110 Å². The van der Waals surface area contributed by atoms with Gasteiger partial charge in [-0.1, -0.05) is 0 Å². The van der Waals surface area contributed by atoms with Crippen molar-refractivity contribution < 1.29 is 13.9 Å². The Balaban J connectivity index is 1.81. The van der Waals surface area contributed by atoms with Crippen LogP contribution in [0.3, 0.4) is 0 Å². The predicted molar refractivity (Wildman–Crippen MR) is 67.9 cm³/mol. The quantitative estimate of drug-likeness (QED) is 0.795. The summed E-state index contributed by atoms with van der Waals surface area (Å²) in [6.07, 6.45) is 5.02. The number of hydrogen-bond donors (Lipinski definition) is 1. The van der Waals surface area contributed by atoms with Crippen LogP contribution in [0.4, 0.5) is 6.01 Å². The summed E-state index contributed by atoms with van der Waals surface area (Å²) in [6, 6.07) is 0.298. The first kappa shape index (κ1) is 13.1. The molecular formula is C12H16N4O3. The number of anilines is 1. The summed E-state index contributed by atoms with van der Waals surface area (Å²) in [5.74, 6) is -0.484. The van der Waals surface area contributed by atoms with Gasteiger partial charge in [-0.3, -0.25) is 4.68 Å². The molecule has 102 valence electrons. The molecule has 0 aromatic carbocycles. The molecule has 7 heteroatoms. The van der Waals surface area contributed by atoms with Crippen LogP contribution in [0.2, 0.25) is 0 Å². The van der Waals surface area contributed by atoms with Gasteiger partial charge in [-0.2, -0.15) is 10.1 Å². The average Bonchev–Trinajstić information content (AvgIpc) is 2.99. The van der Waals surface area contributed by atoms with Crippen molar-refractivity contribution in [2.24, 2.45) is 0 Å². The molecule has 2 rings (SSSR count). The molecule has 0 bridgehead atoms. The van der Waals surface area contributed by atoms with Crippen LogP contribution < -0.4 is 5.32 Å². The third kappa shape index (κ3) is 3.57. The number of aryl methyl sites for hydroxylation is 1. The van der Waals surface area contributed by atoms with E-state index in [4.69, 9.17) is 9.15 Å². The van der Waals surface area contributed by atoms with Gasteiger partial charge >= 0.3 is 5.97 Å². The van der Waals surface area contributed by atoms with E-state index >= 15 is 0 Å². The highest BCUT2D eigenvalue weighted by Gasteiger charge is 2.12. The van der Waals surface area contributed by atoms with Crippen LogP contribution in [0.5, 0.6) is 0 Å². The van der Waals surface area contributed by atoms with Crippen molar-refractivity contribution in [3.63, 3.8) is 0 Å². The van der Waals surface area contributed by atoms with Crippen LogP contribution >= 0.6 is 0 Å². The Morgan fingerprint density at radius 2 is 2.42 bits per heavy atom. The lowest BCUT2D eigenvalue weighted by molar-refractivity contribution is 0.0519. The van der Waals surface area contributed by atoms with Crippen LogP contribution in [0.25, 0.3) is 0 Å². The second-order valence-electron chi connectivity index (χ2n) is 3.97. The number of nitrogens with zero attached hydrogens (tertiary/aromatic N) is 3. The topological polar surface area (TPSA) is 82.2 Å². The number of carbonyl (C=O) groups is 1. The van der Waals surface area contributed by atoms with E-state index in [2.05, 4.69) is 15.4 Å². The lowest BCUT2D eigenvalue weighted by Crippen LogP contribution is -2.11. The molecule has 1 N–H and O–H groups in total. The molecule has 2 aromatic rings. The Bertz CT molecular complexity index is 547. The van der Waals surface area contributed by atoms with E-state index in [1.807, 2.05) is 17.8 Å². The zero-order valence-electron chi connectivity index (χ0n) is 10.9. The first-order valence-corrected chi connectivity index (χ1v) is 6.04. The van der Waals surface area contributed by atoms with E-state index < -0.39 is 5.97 Å². The number of ether oxygens (including phenoxy) is 1. The molecular weight excluding hydrogens is 248 g/mol. The average molecular weight is 264 g/mol. The maximum Gasteiger partial charge on any atom is 0.360 e. The zero-order chi connectivity index (χ0) is 13.7. The molecule has 0 spiro atoms. The summed E-state index contributed by atoms with van der Waals surface area (Å²) >= 11 is 0. The monoisotopic (exact) mass is 264 g/mol. The van der Waals surface area contributed by atoms with E-state index in [0.29, 0.717) is 25.7 Å². The number of nitrogens with one attached hydrogen (secondary N) is 1. The van der Waals surface area contributed by atoms with Crippen LogP contribution in [-0.4, -0.2) is 33.9 Å². The largest absolute Gasteiger partial charge is 0.461 e. The van der Waals surface area contributed by atoms with Crippen molar-refractivity contribution in [2.75, 3.05) is 18.5 Å². The maximum atomic E-state index is 11.4. The van der Waals surface area contributed by atoms with E-state index in [-0.39, 0.29) is 5.69 Å². The van der Waals surface area contributed by atoms with Gasteiger partial charge < -0.3 is 14.5 Å². The lowest BCUT2D eigenvalue weighted by atomic mass is 10.4. The van der Waals surface area contributed by atoms with Gasteiger partial charge in [0.1, 0.15) is 6.26 Å². The summed E-state index contributed by atoms with van der Waals surface area (Å²) in [4.78, 5) is 15.4. The van der Waals surface area contributed by atoms with Gasteiger partial charge in [0.05, 0.1) is 19.3 Å². The molecule has 0 unspecified atom stereocenters. The highest BCUT2D eigenvalue weighted by molar-refractivity contribution is 5.87. The Morgan fingerprint density at radius 1 is 1.58 bits per heavy atom. The highest BCUT2D eigenvalue weighted by atomic mass is 16.5. The standard InChI is InChI=1S/C12H16N4O3/c1-3-18-11(17)10-8-19-12(15-10)13-4-5-16-7-9(2)6-14-16/h6-8H,3-5H2,1-2H3,(H,13,15). The molecule has 0 atom stereocenters. The molecule has 7 nitrogen and oxygen atoms in total. The maximum absolute atomic E-state index is 11.4. The summed E-state index contributed by atoms with van der Waals surface area (Å²) < 4.78 is 11.8. The van der Waals surface area contributed by atoms with Crippen molar-refractivity contribution in [1.29, 1.82) is 0 Å². The molecule has 19 heavy (non-hydrogen) atoms. The molecule has 2 heterocycles. The second kappa shape index (κ2) is 6.03. The lowest BCUT2D eigenvalue weighted by Gasteiger charge is -2.01. The van der Waals surface area contributed by atoms with E-state index in [1.165, 1.54) is 6.26 Å². The van der Waals surface area contributed by atoms with Gasteiger partial charge in [0, 0.05) is 12.7 Å². The minimum atomic E-state index is -0.484. The Morgan fingerprint density at radius 3 is 3.11 bits per heavy atom. The summed E-state index contributed by atoms with van der Waals surface area (Å²) in [5.41, 5.74) is 1.28. The molecule has 0 aliphatic heterocycles. The number of oxazole rings is 1. The highest BCUT2D eigenvalue weighted by Crippen LogP contribution is 2.08. The normalized spacial score (nSPS) is 10.4. The number of hydrogen-bond acceptors (Lipinski definition) is 6. The molecule has 0 saturated carbocycles. The molecule has 0 radical (unpaired) electrons. The zero-order valence-corrected chi connectivity index (χ0v) is 10.9. The van der Waals surface area contributed by atoms with Gasteiger partial charge in [0.15, 0.2) is 5.69 Å². The molecule has 0 aliphatic carbocycles. The first-order chi connectivity index (χ1) is 9.19. The molecule has 0 fully saturated rings. The van der Waals surface area contributed by atoms with Crippen LogP contribution in [0, 0.1) is 6.92 Å². The summed E-state index contributed by atoms with van der Waals surface area (Å²) in [5, 5.41) is 7.13. The third-order valence-corrected chi connectivity index (χ3v) is 2.37. The smallest absolute Gasteiger partial charge is 0.360 e. The number of esters is 1. The Hall–Kier alpha value is -2.31. The van der Waals surface area contributed by atoms with Crippen LogP contribution in [0.1, 0.15) is 23.0 Å². The number of aromatic nitrogens is 3. The van der Waals surface area contributed by atoms with Gasteiger partial charge in [0.2, 0.25) is 0 Å². The van der Waals surface area contributed by atoms with Crippen molar-refractivity contribution in [3.8, 4) is 0 Å². The molecule has 0 aliphatic rings. The fourth-order valence-corrected chi connectivity index (χ4v) is 1.52. The van der Waals surface area contributed by atoms with Gasteiger partial charge in [-0.15, -0.1) is 0 Å². The first-order valence-electron chi connectivity index (χ1n) is 6.04. The van der Waals surface area contributed by atoms with Crippen molar-refractivity contribution in [3.05, 3.63) is 29.9 Å². The van der Waals surface area contributed by atoms with Crippen LogP contribution in [0.15, 0.2) is 23.1 Å². The summed E-state index contributed by atoms with van der Waals surface area (Å²) in [6.45, 7) is 5.32. The minimum absolute atomic E-state index is 0.166. The molecule has 2 aromatic heterocycles.